The molecule has 49 heavy (non-hydrogen) atoms. The molecule has 0 spiro atoms. The number of pyridine rings is 1. The van der Waals surface area contributed by atoms with Crippen LogP contribution in [0.5, 0.6) is 0 Å². The Kier molecular flexibility index (Phi) is 8.60. The van der Waals surface area contributed by atoms with E-state index in [0.29, 0.717) is 41.1 Å². The van der Waals surface area contributed by atoms with E-state index >= 15 is 0 Å². The fraction of sp³-hybridized carbons (Fsp3) is 0.389. The summed E-state index contributed by atoms with van der Waals surface area (Å²) in [6.07, 6.45) is -2.71. The molecule has 2 heterocycles. The van der Waals surface area contributed by atoms with E-state index in [4.69, 9.17) is 5.73 Å². The predicted octanol–water partition coefficient (Wildman–Crippen LogP) is 6.88. The highest BCUT2D eigenvalue weighted by molar-refractivity contribution is 5.94. The van der Waals surface area contributed by atoms with Crippen LogP contribution in [0.1, 0.15) is 84.0 Å². The minimum atomic E-state index is -4.45. The maximum absolute atomic E-state index is 14.3. The number of alkyl halides is 3. The van der Waals surface area contributed by atoms with Crippen LogP contribution in [0.4, 0.5) is 26.3 Å². The molecule has 2 aliphatic rings. The van der Waals surface area contributed by atoms with Gasteiger partial charge in [-0.15, -0.1) is 0 Å². The lowest BCUT2D eigenvalue weighted by Gasteiger charge is -2.44. The van der Waals surface area contributed by atoms with Crippen LogP contribution in [0.25, 0.3) is 11.1 Å². The molecule has 0 aliphatic heterocycles. The summed E-state index contributed by atoms with van der Waals surface area (Å²) in [6.45, 7) is 5.58. The smallest absolute Gasteiger partial charge is 0.366 e. The van der Waals surface area contributed by atoms with Gasteiger partial charge in [-0.2, -0.15) is 18.3 Å². The molecular weight excluding hydrogens is 648 g/mol. The van der Waals surface area contributed by atoms with Gasteiger partial charge in [0.25, 0.3) is 5.91 Å². The first-order chi connectivity index (χ1) is 23.0. The lowest BCUT2D eigenvalue weighted by molar-refractivity contribution is -0.128. The first-order valence-corrected chi connectivity index (χ1v) is 15.9. The number of rotatable bonds is 10. The van der Waals surface area contributed by atoms with Crippen molar-refractivity contribution in [3.8, 4) is 11.1 Å². The third-order valence-electron chi connectivity index (χ3n) is 10.5. The number of fused-ring (bicyclic) bond motifs is 6. The summed E-state index contributed by atoms with van der Waals surface area (Å²) in [7, 11) is 0. The van der Waals surface area contributed by atoms with Gasteiger partial charge in [-0.05, 0) is 66.1 Å². The molecule has 6 rings (SSSR count). The normalized spacial score (nSPS) is 19.9. The molecular formula is C36H35F6N5O2. The van der Waals surface area contributed by atoms with Crippen molar-refractivity contribution in [2.75, 3.05) is 6.54 Å². The molecule has 7 nitrogen and oxygen atoms in total. The summed E-state index contributed by atoms with van der Waals surface area (Å²) in [5.74, 6) is -4.77. The fourth-order valence-corrected chi connectivity index (χ4v) is 7.88. The number of carbonyl (C=O) groups excluding carboxylic acids is 2. The monoisotopic (exact) mass is 683 g/mol. The van der Waals surface area contributed by atoms with E-state index in [-0.39, 0.29) is 47.5 Å². The second kappa shape index (κ2) is 12.3. The number of amides is 2. The van der Waals surface area contributed by atoms with Crippen molar-refractivity contribution in [3.63, 3.8) is 0 Å². The SMILES string of the molecule is CC12CCC(c3nn(CC(=O)NC[C@@H](Cc4cc(F)cc(F)c4)c4ncccc4-c4ccc(F)c(C(N)=O)c4)c1c3CC(F)(F)F)C2(C)C. The number of benzene rings is 2. The number of nitrogens with one attached hydrogen (secondary N) is 1. The Balaban J connectivity index is 1.32. The number of primary amides is 1. The van der Waals surface area contributed by atoms with Crippen molar-refractivity contribution in [3.05, 3.63) is 106 Å². The first-order valence-electron chi connectivity index (χ1n) is 15.9. The lowest BCUT2D eigenvalue weighted by atomic mass is 9.59. The number of carbonyl (C=O) groups is 2. The van der Waals surface area contributed by atoms with Gasteiger partial charge in [0.05, 0.1) is 23.4 Å². The fourth-order valence-electron chi connectivity index (χ4n) is 7.88. The minimum absolute atomic E-state index is 0.0175. The van der Waals surface area contributed by atoms with E-state index in [9.17, 15) is 35.9 Å². The maximum atomic E-state index is 14.3. The van der Waals surface area contributed by atoms with E-state index in [1.165, 1.54) is 23.0 Å². The number of hydrogen-bond acceptors (Lipinski definition) is 4. The van der Waals surface area contributed by atoms with Gasteiger partial charge in [0.15, 0.2) is 0 Å². The van der Waals surface area contributed by atoms with E-state index in [2.05, 4.69) is 15.4 Å². The second-order valence-corrected chi connectivity index (χ2v) is 13.8. The Bertz CT molecular complexity index is 1930. The lowest BCUT2D eigenvalue weighted by Crippen LogP contribution is -2.42. The summed E-state index contributed by atoms with van der Waals surface area (Å²) in [5.41, 5.74) is 6.51. The third-order valence-corrected chi connectivity index (χ3v) is 10.5. The zero-order valence-electron chi connectivity index (χ0n) is 27.1. The Morgan fingerprint density at radius 3 is 2.45 bits per heavy atom. The summed E-state index contributed by atoms with van der Waals surface area (Å²) >= 11 is 0. The first kappa shape index (κ1) is 34.2. The second-order valence-electron chi connectivity index (χ2n) is 13.8. The van der Waals surface area contributed by atoms with Gasteiger partial charge < -0.3 is 11.1 Å². The highest BCUT2D eigenvalue weighted by Crippen LogP contribution is 2.65. The molecule has 2 aromatic heterocycles. The van der Waals surface area contributed by atoms with Gasteiger partial charge in [-0.3, -0.25) is 19.3 Å². The van der Waals surface area contributed by atoms with Crippen LogP contribution in [0, 0.1) is 22.9 Å². The zero-order valence-corrected chi connectivity index (χ0v) is 27.1. The van der Waals surface area contributed by atoms with Crippen LogP contribution in [0.3, 0.4) is 0 Å². The van der Waals surface area contributed by atoms with Gasteiger partial charge in [0.2, 0.25) is 5.91 Å². The molecule has 2 unspecified atom stereocenters. The molecule has 4 aromatic rings. The molecule has 4 bridgehead atoms. The Morgan fingerprint density at radius 2 is 1.78 bits per heavy atom. The third kappa shape index (κ3) is 6.30. The number of nitrogens with zero attached hydrogens (tertiary/aromatic N) is 3. The van der Waals surface area contributed by atoms with Crippen LogP contribution in [-0.2, 0) is 29.6 Å². The quantitative estimate of drug-likeness (QED) is 0.178. The number of aromatic nitrogens is 3. The number of nitrogens with two attached hydrogens (primary N) is 1. The largest absolute Gasteiger partial charge is 0.393 e. The molecule has 13 heteroatoms. The predicted molar refractivity (Wildman–Crippen MR) is 169 cm³/mol. The summed E-state index contributed by atoms with van der Waals surface area (Å²) in [6, 6.07) is 10.2. The van der Waals surface area contributed by atoms with Gasteiger partial charge in [0, 0.05) is 52.9 Å². The van der Waals surface area contributed by atoms with Crippen LogP contribution >= 0.6 is 0 Å². The molecule has 2 aromatic carbocycles. The molecule has 0 radical (unpaired) electrons. The van der Waals surface area contributed by atoms with Crippen molar-refractivity contribution in [2.24, 2.45) is 11.1 Å². The molecule has 1 fully saturated rings. The molecule has 3 N–H and O–H groups in total. The van der Waals surface area contributed by atoms with Crippen LogP contribution in [0.15, 0.2) is 54.7 Å². The molecule has 2 amide bonds. The molecule has 0 saturated heterocycles. The number of hydrogen-bond donors (Lipinski definition) is 2. The van der Waals surface area contributed by atoms with Gasteiger partial charge in [0.1, 0.15) is 24.0 Å². The Hall–Kier alpha value is -4.68. The molecule has 258 valence electrons. The van der Waals surface area contributed by atoms with E-state index in [1.54, 1.807) is 12.1 Å². The highest BCUT2D eigenvalue weighted by Gasteiger charge is 2.61. The zero-order chi connectivity index (χ0) is 35.5. The van der Waals surface area contributed by atoms with Crippen LogP contribution in [0.2, 0.25) is 0 Å². The van der Waals surface area contributed by atoms with Gasteiger partial charge in [-0.25, -0.2) is 13.2 Å². The Labute approximate surface area is 278 Å². The standard InChI is InChI=1S/C36H35F6N5O2/c1-34(2)27-8-9-35(34,3)32-26(16-36(40,41)42)31(27)46-47(32)18-29(48)45-17-21(11-19-12-22(37)15-23(38)13-19)30-24(5-4-10-44-30)20-6-7-28(39)25(14-20)33(43)49/h4-7,10,12-15,21,27H,8-9,11,16-18H2,1-3H3,(H2,43,49)(H,45,48)/t21-,27?,35?/m1/s1. The van der Waals surface area contributed by atoms with E-state index in [0.717, 1.165) is 24.3 Å². The molecule has 2 aliphatic carbocycles. The van der Waals surface area contributed by atoms with Gasteiger partial charge >= 0.3 is 6.18 Å². The Morgan fingerprint density at radius 1 is 1.06 bits per heavy atom. The van der Waals surface area contributed by atoms with E-state index in [1.807, 2.05) is 20.8 Å². The number of halogens is 6. The summed E-state index contributed by atoms with van der Waals surface area (Å²) in [5, 5.41) is 7.42. The van der Waals surface area contributed by atoms with Crippen molar-refractivity contribution < 1.29 is 35.9 Å². The maximum Gasteiger partial charge on any atom is 0.393 e. The minimum Gasteiger partial charge on any atom is -0.366 e. The van der Waals surface area contributed by atoms with Crippen molar-refractivity contribution >= 4 is 11.8 Å². The van der Waals surface area contributed by atoms with Crippen LogP contribution < -0.4 is 11.1 Å². The average molecular weight is 684 g/mol. The van der Waals surface area contributed by atoms with Gasteiger partial charge in [-0.1, -0.05) is 32.9 Å². The van der Waals surface area contributed by atoms with Crippen molar-refractivity contribution in [2.45, 2.75) is 76.4 Å². The molecule has 3 atom stereocenters. The topological polar surface area (TPSA) is 103 Å². The highest BCUT2D eigenvalue weighted by atomic mass is 19.4. The molecule has 1 saturated carbocycles. The average Bonchev–Trinajstić information content (AvgIpc) is 3.38. The van der Waals surface area contributed by atoms with Crippen molar-refractivity contribution in [1.82, 2.24) is 20.1 Å². The van der Waals surface area contributed by atoms with Crippen molar-refractivity contribution in [1.29, 1.82) is 0 Å². The summed E-state index contributed by atoms with van der Waals surface area (Å²) < 4.78 is 85.4. The summed E-state index contributed by atoms with van der Waals surface area (Å²) in [4.78, 5) is 30.0. The van der Waals surface area contributed by atoms with Crippen LogP contribution in [-0.4, -0.2) is 39.3 Å². The van der Waals surface area contributed by atoms with E-state index < -0.39 is 53.2 Å².